The lowest BCUT2D eigenvalue weighted by Gasteiger charge is -2.18. The minimum Gasteiger partial charge on any atom is -0.324 e. The normalized spacial score (nSPS) is 18.6. The molecule has 1 unspecified atom stereocenters. The Morgan fingerprint density at radius 1 is 1.00 bits per heavy atom. The highest BCUT2D eigenvalue weighted by molar-refractivity contribution is 7.26. The molecular formula is C18H15NS. The molecule has 4 rings (SSSR count). The molecule has 2 heteroatoms. The number of thiophene rings is 1. The van der Waals surface area contributed by atoms with Crippen molar-refractivity contribution in [2.24, 2.45) is 5.73 Å². The van der Waals surface area contributed by atoms with Gasteiger partial charge in [0.25, 0.3) is 0 Å². The van der Waals surface area contributed by atoms with Crippen LogP contribution in [-0.2, 0) is 0 Å². The summed E-state index contributed by atoms with van der Waals surface area (Å²) in [4.78, 5) is 0. The van der Waals surface area contributed by atoms with Crippen molar-refractivity contribution in [1.82, 2.24) is 0 Å². The lowest BCUT2D eigenvalue weighted by molar-refractivity contribution is 0.846. The Kier molecular flexibility index (Phi) is 2.72. The molecule has 1 aliphatic rings. The second kappa shape index (κ2) is 4.58. The van der Waals surface area contributed by atoms with E-state index in [-0.39, 0.29) is 6.04 Å². The molecule has 0 aliphatic heterocycles. The maximum absolute atomic E-state index is 6.28. The quantitative estimate of drug-likeness (QED) is 0.684. The Bertz CT molecular complexity index is 854. The van der Waals surface area contributed by atoms with E-state index >= 15 is 0 Å². The molecule has 3 aromatic rings. The largest absolute Gasteiger partial charge is 0.324 e. The first-order valence-electron chi connectivity index (χ1n) is 6.87. The second-order valence-electron chi connectivity index (χ2n) is 5.17. The van der Waals surface area contributed by atoms with E-state index in [9.17, 15) is 0 Å². The van der Waals surface area contributed by atoms with Gasteiger partial charge in [-0.2, -0.15) is 0 Å². The number of rotatable bonds is 1. The van der Waals surface area contributed by atoms with Gasteiger partial charge < -0.3 is 5.73 Å². The van der Waals surface area contributed by atoms with Gasteiger partial charge in [0.15, 0.2) is 0 Å². The van der Waals surface area contributed by atoms with Crippen LogP contribution < -0.4 is 5.73 Å². The summed E-state index contributed by atoms with van der Waals surface area (Å²) in [5.41, 5.74) is 8.83. The first-order chi connectivity index (χ1) is 9.84. The first-order valence-corrected chi connectivity index (χ1v) is 7.69. The van der Waals surface area contributed by atoms with Crippen LogP contribution >= 0.6 is 11.3 Å². The fourth-order valence-electron chi connectivity index (χ4n) is 2.91. The summed E-state index contributed by atoms with van der Waals surface area (Å²) in [6.45, 7) is 0. The van der Waals surface area contributed by atoms with Crippen LogP contribution in [0.25, 0.3) is 25.7 Å². The molecule has 0 saturated carbocycles. The van der Waals surface area contributed by atoms with Gasteiger partial charge in [0.05, 0.1) is 0 Å². The lowest BCUT2D eigenvalue weighted by atomic mass is 9.92. The van der Waals surface area contributed by atoms with Gasteiger partial charge in [-0.3, -0.25) is 0 Å². The van der Waals surface area contributed by atoms with Crippen molar-refractivity contribution in [1.29, 1.82) is 0 Å². The van der Waals surface area contributed by atoms with Crippen molar-refractivity contribution in [3.8, 4) is 0 Å². The van der Waals surface area contributed by atoms with Gasteiger partial charge in [-0.15, -0.1) is 11.3 Å². The molecule has 2 aromatic carbocycles. The highest BCUT2D eigenvalue weighted by Gasteiger charge is 2.16. The van der Waals surface area contributed by atoms with E-state index in [1.807, 2.05) is 11.3 Å². The number of nitrogens with two attached hydrogens (primary N) is 1. The van der Waals surface area contributed by atoms with Crippen molar-refractivity contribution in [3.05, 3.63) is 66.3 Å². The molecule has 0 amide bonds. The van der Waals surface area contributed by atoms with E-state index in [4.69, 9.17) is 5.73 Å². The van der Waals surface area contributed by atoms with E-state index < -0.39 is 0 Å². The van der Waals surface area contributed by atoms with Gasteiger partial charge in [-0.25, -0.2) is 0 Å². The van der Waals surface area contributed by atoms with E-state index in [0.29, 0.717) is 0 Å². The van der Waals surface area contributed by atoms with E-state index in [1.165, 1.54) is 31.3 Å². The van der Waals surface area contributed by atoms with E-state index in [2.05, 4.69) is 60.7 Å². The highest BCUT2D eigenvalue weighted by Crippen LogP contribution is 2.39. The first kappa shape index (κ1) is 11.9. The molecule has 0 radical (unpaired) electrons. The Hall–Kier alpha value is -1.90. The lowest BCUT2D eigenvalue weighted by Crippen LogP contribution is -2.22. The van der Waals surface area contributed by atoms with Gasteiger partial charge in [-0.1, -0.05) is 54.6 Å². The third-order valence-corrected chi connectivity index (χ3v) is 5.14. The van der Waals surface area contributed by atoms with E-state index in [0.717, 1.165) is 6.42 Å². The molecule has 1 aromatic heterocycles. The number of allylic oxidation sites excluding steroid dienone is 2. The van der Waals surface area contributed by atoms with Crippen LogP contribution in [0.15, 0.2) is 60.7 Å². The van der Waals surface area contributed by atoms with Gasteiger partial charge in [0.1, 0.15) is 0 Å². The van der Waals surface area contributed by atoms with Crippen molar-refractivity contribution in [2.75, 3.05) is 0 Å². The molecule has 98 valence electrons. The van der Waals surface area contributed by atoms with Crippen molar-refractivity contribution < 1.29 is 0 Å². The second-order valence-corrected chi connectivity index (χ2v) is 6.23. The third-order valence-electron chi connectivity index (χ3n) is 3.92. The zero-order chi connectivity index (χ0) is 13.5. The molecule has 1 nitrogen and oxygen atoms in total. The molecule has 20 heavy (non-hydrogen) atoms. The number of fused-ring (bicyclic) bond motifs is 3. The van der Waals surface area contributed by atoms with Crippen LogP contribution in [0.5, 0.6) is 0 Å². The molecule has 0 bridgehead atoms. The summed E-state index contributed by atoms with van der Waals surface area (Å²) < 4.78 is 2.70. The summed E-state index contributed by atoms with van der Waals surface area (Å²) in [5, 5.41) is 2.68. The summed E-state index contributed by atoms with van der Waals surface area (Å²) in [5.74, 6) is 0. The van der Waals surface area contributed by atoms with Gasteiger partial charge in [0.2, 0.25) is 0 Å². The molecule has 2 N–H and O–H groups in total. The smallest absolute Gasteiger partial charge is 0.0431 e. The van der Waals surface area contributed by atoms with Gasteiger partial charge in [-0.05, 0) is 23.6 Å². The maximum atomic E-state index is 6.28. The SMILES string of the molecule is NC1CC=CC=C1c1cccc2c1sc1ccccc12. The predicted molar refractivity (Wildman–Crippen MR) is 89.0 cm³/mol. The zero-order valence-corrected chi connectivity index (χ0v) is 11.9. The molecule has 1 aliphatic carbocycles. The molecule has 0 saturated heterocycles. The average Bonchev–Trinajstić information content (AvgIpc) is 2.86. The third kappa shape index (κ3) is 1.73. The van der Waals surface area contributed by atoms with Crippen LogP contribution in [0.4, 0.5) is 0 Å². The topological polar surface area (TPSA) is 26.0 Å². The summed E-state index contributed by atoms with van der Waals surface area (Å²) >= 11 is 1.86. The van der Waals surface area contributed by atoms with Crippen LogP contribution in [0.2, 0.25) is 0 Å². The standard InChI is InChI=1S/C18H15NS/c19-16-10-3-1-6-12(16)14-8-5-9-15-13-7-2-4-11-17(13)20-18(14)15/h1-9,11,16H,10,19H2. The Labute approximate surface area is 122 Å². The van der Waals surface area contributed by atoms with Crippen LogP contribution in [0.1, 0.15) is 12.0 Å². The molecule has 1 heterocycles. The molecule has 0 spiro atoms. The average molecular weight is 277 g/mol. The van der Waals surface area contributed by atoms with Gasteiger partial charge in [0, 0.05) is 26.2 Å². The Morgan fingerprint density at radius 2 is 1.85 bits per heavy atom. The molecule has 0 fully saturated rings. The summed E-state index contributed by atoms with van der Waals surface area (Å²) in [6.07, 6.45) is 7.34. The van der Waals surface area contributed by atoms with Crippen molar-refractivity contribution in [2.45, 2.75) is 12.5 Å². The van der Waals surface area contributed by atoms with Crippen LogP contribution in [0.3, 0.4) is 0 Å². The van der Waals surface area contributed by atoms with E-state index in [1.54, 1.807) is 0 Å². The number of hydrogen-bond acceptors (Lipinski definition) is 2. The van der Waals surface area contributed by atoms with Crippen LogP contribution in [0, 0.1) is 0 Å². The summed E-state index contributed by atoms with van der Waals surface area (Å²) in [6, 6.07) is 15.3. The fraction of sp³-hybridized carbons (Fsp3) is 0.111. The highest BCUT2D eigenvalue weighted by atomic mass is 32.1. The number of benzene rings is 2. The molecular weight excluding hydrogens is 262 g/mol. The Morgan fingerprint density at radius 3 is 2.75 bits per heavy atom. The predicted octanol–water partition coefficient (Wildman–Crippen LogP) is 4.73. The monoisotopic (exact) mass is 277 g/mol. The minimum atomic E-state index is 0.107. The summed E-state index contributed by atoms with van der Waals surface area (Å²) in [7, 11) is 0. The van der Waals surface area contributed by atoms with Gasteiger partial charge >= 0.3 is 0 Å². The number of hydrogen-bond donors (Lipinski definition) is 1. The van der Waals surface area contributed by atoms with Crippen molar-refractivity contribution in [3.63, 3.8) is 0 Å². The minimum absolute atomic E-state index is 0.107. The maximum Gasteiger partial charge on any atom is 0.0431 e. The fourth-order valence-corrected chi connectivity index (χ4v) is 4.15. The van der Waals surface area contributed by atoms with Crippen molar-refractivity contribution >= 4 is 37.1 Å². The zero-order valence-electron chi connectivity index (χ0n) is 11.0. The Balaban J connectivity index is 2.05. The molecule has 1 atom stereocenters. The van der Waals surface area contributed by atoms with Crippen LogP contribution in [-0.4, -0.2) is 6.04 Å².